The number of carbonyl (C=O) groups excluding carboxylic acids is 2. The molecule has 3 saturated heterocycles. The van der Waals surface area contributed by atoms with Crippen molar-refractivity contribution in [3.05, 3.63) is 26.8 Å². The summed E-state index contributed by atoms with van der Waals surface area (Å²) in [6.45, 7) is 4.75. The Morgan fingerprint density at radius 2 is 1.88 bits per heavy atom. The fourth-order valence-electron chi connectivity index (χ4n) is 4.85. The molecule has 3 aliphatic rings. The van der Waals surface area contributed by atoms with Crippen molar-refractivity contribution in [2.24, 2.45) is 5.92 Å². The molecule has 1 N–H and O–H groups in total. The molecule has 2 amide bonds. The molecule has 0 radical (unpaired) electrons. The lowest BCUT2D eigenvalue weighted by Crippen LogP contribution is -2.49. The molecule has 4 rings (SSSR count). The molecule has 2 atom stereocenters. The van der Waals surface area contributed by atoms with Crippen LogP contribution in [0.1, 0.15) is 37.0 Å². The highest BCUT2D eigenvalue weighted by atomic mass is 35.5. The number of thiophene rings is 1. The predicted octanol–water partition coefficient (Wildman–Crippen LogP) is 2.23. The average molecular weight is 515 g/mol. The van der Waals surface area contributed by atoms with Crippen molar-refractivity contribution in [3.8, 4) is 0 Å². The van der Waals surface area contributed by atoms with Gasteiger partial charge < -0.3 is 14.7 Å². The lowest BCUT2D eigenvalue weighted by Gasteiger charge is -2.29. The first-order valence-corrected chi connectivity index (χ1v) is 14.3. The first-order valence-electron chi connectivity index (χ1n) is 11.6. The fraction of sp³-hybridized carbons (Fsp3) is 0.636. The second kappa shape index (κ2) is 10.9. The molecule has 1 aromatic rings. The van der Waals surface area contributed by atoms with Crippen LogP contribution in [0, 0.1) is 5.92 Å². The highest BCUT2D eigenvalue weighted by Gasteiger charge is 2.38. The van der Waals surface area contributed by atoms with Crippen LogP contribution in [0.15, 0.2) is 17.5 Å². The van der Waals surface area contributed by atoms with Crippen LogP contribution in [0.4, 0.5) is 0 Å². The zero-order chi connectivity index (χ0) is 23.4. The molecule has 3 aliphatic heterocycles. The largest absolute Gasteiger partial charge is 0.334 e. The molecule has 11 heteroatoms. The normalized spacial score (nSPS) is 24.4. The van der Waals surface area contributed by atoms with E-state index in [4.69, 9.17) is 11.6 Å². The van der Waals surface area contributed by atoms with Gasteiger partial charge in [-0.15, -0.1) is 11.3 Å². The third-order valence-electron chi connectivity index (χ3n) is 6.64. The van der Waals surface area contributed by atoms with E-state index >= 15 is 0 Å². The van der Waals surface area contributed by atoms with E-state index in [1.807, 2.05) is 0 Å². The summed E-state index contributed by atoms with van der Waals surface area (Å²) >= 11 is 7.17. The first-order chi connectivity index (χ1) is 15.8. The highest BCUT2D eigenvalue weighted by Crippen LogP contribution is 2.24. The van der Waals surface area contributed by atoms with Crippen LogP contribution in [-0.4, -0.2) is 86.8 Å². The minimum absolute atomic E-state index is 0.0138. The monoisotopic (exact) mass is 514 g/mol. The Labute approximate surface area is 204 Å². The topological polar surface area (TPSA) is 90.0 Å². The highest BCUT2D eigenvalue weighted by molar-refractivity contribution is 7.92. The average Bonchev–Trinajstić information content (AvgIpc) is 3.58. The minimum atomic E-state index is -3.59. The quantitative estimate of drug-likeness (QED) is 0.563. The van der Waals surface area contributed by atoms with Crippen molar-refractivity contribution in [1.29, 1.82) is 0 Å². The number of nitrogens with one attached hydrogen (secondary N) is 1. The minimum Gasteiger partial charge on any atom is -0.334 e. The van der Waals surface area contributed by atoms with Crippen LogP contribution in [0.3, 0.4) is 0 Å². The molecule has 0 unspecified atom stereocenters. The van der Waals surface area contributed by atoms with Crippen LogP contribution in [0.5, 0.6) is 0 Å². The summed E-state index contributed by atoms with van der Waals surface area (Å²) < 4.78 is 27.7. The van der Waals surface area contributed by atoms with Gasteiger partial charge in [-0.1, -0.05) is 11.6 Å². The van der Waals surface area contributed by atoms with Gasteiger partial charge in [-0.25, -0.2) is 13.1 Å². The third kappa shape index (κ3) is 6.57. The van der Waals surface area contributed by atoms with Crippen LogP contribution >= 0.6 is 22.9 Å². The third-order valence-corrected chi connectivity index (χ3v) is 8.90. The molecule has 0 spiro atoms. The smallest absolute Gasteiger partial charge is 0.312 e. The second-order valence-corrected chi connectivity index (χ2v) is 12.4. The molecule has 3 fully saturated rings. The maximum atomic E-state index is 12.9. The molecule has 4 heterocycles. The maximum absolute atomic E-state index is 12.9. The van der Waals surface area contributed by atoms with Gasteiger partial charge in [0.1, 0.15) is 0 Å². The molecule has 0 aliphatic carbocycles. The summed E-state index contributed by atoms with van der Waals surface area (Å²) in [5.74, 6) is -0.876. The van der Waals surface area contributed by atoms with Gasteiger partial charge in [0.2, 0.25) is 10.0 Å². The van der Waals surface area contributed by atoms with Gasteiger partial charge in [0.15, 0.2) is 0 Å². The number of halogens is 1. The van der Waals surface area contributed by atoms with Gasteiger partial charge in [0, 0.05) is 49.1 Å². The Morgan fingerprint density at radius 3 is 2.61 bits per heavy atom. The van der Waals surface area contributed by atoms with E-state index in [-0.39, 0.29) is 18.5 Å². The van der Waals surface area contributed by atoms with E-state index in [9.17, 15) is 18.0 Å². The molecule has 1 aromatic heterocycles. The molecule has 0 saturated carbocycles. The number of carbonyl (C=O) groups is 2. The van der Waals surface area contributed by atoms with Crippen LogP contribution in [-0.2, 0) is 19.6 Å². The number of hydrogen-bond acceptors (Lipinski definition) is 6. The Kier molecular flexibility index (Phi) is 8.11. The van der Waals surface area contributed by atoms with Crippen LogP contribution < -0.4 is 4.72 Å². The van der Waals surface area contributed by atoms with Gasteiger partial charge >= 0.3 is 11.8 Å². The van der Waals surface area contributed by atoms with Crippen LogP contribution in [0.2, 0.25) is 4.34 Å². The molecule has 33 heavy (non-hydrogen) atoms. The maximum Gasteiger partial charge on any atom is 0.312 e. The Balaban J connectivity index is 1.25. The lowest BCUT2D eigenvalue weighted by molar-refractivity contribution is -0.152. The summed E-state index contributed by atoms with van der Waals surface area (Å²) in [4.78, 5) is 32.3. The SMILES string of the molecule is O=C(C(=O)N1CCC[C@H]1CN1CCCC1)N1CC[C@H](CNS(=O)(=O)C=Cc2ccc(Cl)s2)C1. The first kappa shape index (κ1) is 24.7. The van der Waals surface area contributed by atoms with Gasteiger partial charge in [-0.2, -0.15) is 0 Å². The number of nitrogens with zero attached hydrogens (tertiary/aromatic N) is 3. The zero-order valence-corrected chi connectivity index (χ0v) is 21.0. The standard InChI is InChI=1S/C22H31ClN4O4S2/c23-20-6-5-19(32-20)8-13-33(30,31)24-14-17-7-12-26(15-17)21(28)22(29)27-11-3-4-18(27)16-25-9-1-2-10-25/h5-6,8,13,17-18,24H,1-4,7,9-12,14-16H2/t17-,18+/m1/s1. The predicted molar refractivity (Wildman–Crippen MR) is 130 cm³/mol. The summed E-state index contributed by atoms with van der Waals surface area (Å²) in [6, 6.07) is 3.59. The van der Waals surface area contributed by atoms with E-state index in [2.05, 4.69) is 9.62 Å². The molecule has 0 aromatic carbocycles. The van der Waals surface area contributed by atoms with Crippen molar-refractivity contribution in [2.75, 3.05) is 45.8 Å². The molecular formula is C22H31ClN4O4S2. The molecule has 8 nitrogen and oxygen atoms in total. The van der Waals surface area contributed by atoms with Crippen molar-refractivity contribution < 1.29 is 18.0 Å². The summed E-state index contributed by atoms with van der Waals surface area (Å²) in [6.07, 6.45) is 6.48. The van der Waals surface area contributed by atoms with E-state index in [1.165, 1.54) is 30.3 Å². The Hall–Kier alpha value is -1.46. The zero-order valence-electron chi connectivity index (χ0n) is 18.6. The number of sulfonamides is 1. The van der Waals surface area contributed by atoms with Crippen molar-refractivity contribution in [1.82, 2.24) is 19.4 Å². The summed E-state index contributed by atoms with van der Waals surface area (Å²) in [5.41, 5.74) is 0. The van der Waals surface area contributed by atoms with Gasteiger partial charge in [0.25, 0.3) is 0 Å². The number of hydrogen-bond donors (Lipinski definition) is 1. The Bertz CT molecular complexity index is 990. The van der Waals surface area contributed by atoms with Crippen molar-refractivity contribution >= 4 is 50.9 Å². The lowest BCUT2D eigenvalue weighted by atomic mass is 10.1. The fourth-order valence-corrected chi connectivity index (χ4v) is 6.79. The van der Waals surface area contributed by atoms with Gasteiger partial charge in [-0.3, -0.25) is 9.59 Å². The van der Waals surface area contributed by atoms with Gasteiger partial charge in [-0.05, 0) is 69.3 Å². The molecule has 182 valence electrons. The van der Waals surface area contributed by atoms with Crippen molar-refractivity contribution in [2.45, 2.75) is 38.1 Å². The summed E-state index contributed by atoms with van der Waals surface area (Å²) in [5, 5.41) is 1.13. The second-order valence-electron chi connectivity index (χ2n) is 9.05. The molecule has 0 bridgehead atoms. The molecular weight excluding hydrogens is 484 g/mol. The Morgan fingerprint density at radius 1 is 1.09 bits per heavy atom. The number of likely N-dealkylation sites (tertiary alicyclic amines) is 3. The summed E-state index contributed by atoms with van der Waals surface area (Å²) in [7, 11) is -3.59. The van der Waals surface area contributed by atoms with Crippen molar-refractivity contribution in [3.63, 3.8) is 0 Å². The van der Waals surface area contributed by atoms with E-state index in [1.54, 1.807) is 21.9 Å². The number of amides is 2. The number of rotatable bonds is 7. The van der Waals surface area contributed by atoms with E-state index < -0.39 is 21.8 Å². The van der Waals surface area contributed by atoms with E-state index in [0.29, 0.717) is 30.4 Å². The van der Waals surface area contributed by atoms with E-state index in [0.717, 1.165) is 42.8 Å². The van der Waals surface area contributed by atoms with Crippen LogP contribution in [0.25, 0.3) is 6.08 Å². The van der Waals surface area contributed by atoms with Gasteiger partial charge in [0.05, 0.1) is 4.34 Å².